The molecule has 0 spiro atoms. The zero-order chi connectivity index (χ0) is 13.6. The molecule has 0 unspecified atom stereocenters. The maximum absolute atomic E-state index is 9.38. The van der Waals surface area contributed by atoms with Gasteiger partial charge in [-0.1, -0.05) is 0 Å². The summed E-state index contributed by atoms with van der Waals surface area (Å²) in [6, 6.07) is 4.95. The van der Waals surface area contributed by atoms with E-state index in [2.05, 4.69) is 27.9 Å². The molecule has 2 aliphatic heterocycles. The van der Waals surface area contributed by atoms with Crippen LogP contribution in [0.1, 0.15) is 23.2 Å². The van der Waals surface area contributed by atoms with Gasteiger partial charge in [0.25, 0.3) is 0 Å². The maximum Gasteiger partial charge on any atom is 0.147 e. The molecule has 0 aliphatic carbocycles. The first kappa shape index (κ1) is 12.4. The monoisotopic (exact) mass is 256 g/mol. The highest BCUT2D eigenvalue weighted by Gasteiger charge is 2.40. The summed E-state index contributed by atoms with van der Waals surface area (Å²) in [5.74, 6) is 1.63. The Labute approximate surface area is 114 Å². The number of nitriles is 1. The number of nitrogens with zero attached hydrogens (tertiary/aromatic N) is 4. The summed E-state index contributed by atoms with van der Waals surface area (Å²) < 4.78 is 0. The van der Waals surface area contributed by atoms with Crippen LogP contribution in [0.5, 0.6) is 0 Å². The topological polar surface area (TPSA) is 43.2 Å². The maximum atomic E-state index is 9.38. The van der Waals surface area contributed by atoms with Gasteiger partial charge < -0.3 is 9.80 Å². The van der Waals surface area contributed by atoms with Crippen molar-refractivity contribution in [3.8, 4) is 6.07 Å². The van der Waals surface area contributed by atoms with Gasteiger partial charge in [0.05, 0.1) is 5.56 Å². The Kier molecular flexibility index (Phi) is 2.94. The second-order valence-corrected chi connectivity index (χ2v) is 5.89. The SMILES string of the molecule is Cc1cc(C)c(C#N)c(N2C[C@@H]3CCN(C)[C@@H]3C2)n1. The van der Waals surface area contributed by atoms with Crippen molar-refractivity contribution in [2.75, 3.05) is 31.6 Å². The van der Waals surface area contributed by atoms with E-state index in [0.717, 1.165) is 41.6 Å². The number of fused-ring (bicyclic) bond motifs is 1. The number of aromatic nitrogens is 1. The van der Waals surface area contributed by atoms with Crippen molar-refractivity contribution in [2.45, 2.75) is 26.3 Å². The molecule has 2 aliphatic rings. The number of likely N-dealkylation sites (tertiary alicyclic amines) is 1. The van der Waals surface area contributed by atoms with E-state index < -0.39 is 0 Å². The van der Waals surface area contributed by atoms with Crippen LogP contribution in [0.25, 0.3) is 0 Å². The van der Waals surface area contributed by atoms with E-state index in [-0.39, 0.29) is 0 Å². The fraction of sp³-hybridized carbons (Fsp3) is 0.600. The number of anilines is 1. The quantitative estimate of drug-likeness (QED) is 0.767. The minimum atomic E-state index is 0.633. The third kappa shape index (κ3) is 1.98. The lowest BCUT2D eigenvalue weighted by Gasteiger charge is -2.23. The van der Waals surface area contributed by atoms with Gasteiger partial charge in [-0.15, -0.1) is 0 Å². The first-order valence-corrected chi connectivity index (χ1v) is 6.93. The minimum Gasteiger partial charge on any atom is -0.354 e. The van der Waals surface area contributed by atoms with Gasteiger partial charge in [0.1, 0.15) is 11.9 Å². The lowest BCUT2D eigenvalue weighted by molar-refractivity contribution is 0.310. The standard InChI is InChI=1S/C15H20N4/c1-10-6-11(2)17-15(13(10)7-16)19-8-12-4-5-18(3)14(12)9-19/h6,12,14H,4-5,8-9H2,1-3H3/t12-,14+/m0/s1. The van der Waals surface area contributed by atoms with Gasteiger partial charge in [-0.3, -0.25) is 0 Å². The Morgan fingerprint density at radius 2 is 2.16 bits per heavy atom. The Hall–Kier alpha value is -1.60. The highest BCUT2D eigenvalue weighted by Crippen LogP contribution is 2.34. The van der Waals surface area contributed by atoms with E-state index in [4.69, 9.17) is 0 Å². The molecule has 3 rings (SSSR count). The van der Waals surface area contributed by atoms with Crippen molar-refractivity contribution in [3.63, 3.8) is 0 Å². The van der Waals surface area contributed by atoms with Crippen molar-refractivity contribution < 1.29 is 0 Å². The largest absolute Gasteiger partial charge is 0.354 e. The van der Waals surface area contributed by atoms with Gasteiger partial charge in [0.2, 0.25) is 0 Å². The van der Waals surface area contributed by atoms with Gasteiger partial charge in [-0.2, -0.15) is 5.26 Å². The van der Waals surface area contributed by atoms with Crippen molar-refractivity contribution in [3.05, 3.63) is 22.9 Å². The summed E-state index contributed by atoms with van der Waals surface area (Å²) in [5, 5.41) is 9.38. The number of hydrogen-bond acceptors (Lipinski definition) is 4. The molecule has 2 saturated heterocycles. The first-order valence-electron chi connectivity index (χ1n) is 6.93. The second-order valence-electron chi connectivity index (χ2n) is 5.89. The summed E-state index contributed by atoms with van der Waals surface area (Å²) in [5.41, 5.74) is 2.78. The van der Waals surface area contributed by atoms with Crippen molar-refractivity contribution in [1.29, 1.82) is 5.26 Å². The van der Waals surface area contributed by atoms with Crippen LogP contribution >= 0.6 is 0 Å². The lowest BCUT2D eigenvalue weighted by Crippen LogP contribution is -2.32. The number of pyridine rings is 1. The Morgan fingerprint density at radius 1 is 1.37 bits per heavy atom. The molecule has 0 N–H and O–H groups in total. The molecular weight excluding hydrogens is 236 g/mol. The molecule has 0 saturated carbocycles. The molecule has 100 valence electrons. The van der Waals surface area contributed by atoms with Gasteiger partial charge in [-0.25, -0.2) is 4.98 Å². The summed E-state index contributed by atoms with van der Waals surface area (Å²) >= 11 is 0. The lowest BCUT2D eigenvalue weighted by atomic mass is 10.1. The summed E-state index contributed by atoms with van der Waals surface area (Å²) in [4.78, 5) is 9.38. The summed E-state index contributed by atoms with van der Waals surface area (Å²) in [6.07, 6.45) is 1.27. The van der Waals surface area contributed by atoms with E-state index in [1.807, 2.05) is 19.9 Å². The van der Waals surface area contributed by atoms with Crippen LogP contribution in [0.15, 0.2) is 6.07 Å². The van der Waals surface area contributed by atoms with Crippen molar-refractivity contribution in [1.82, 2.24) is 9.88 Å². The van der Waals surface area contributed by atoms with Crippen LogP contribution in [0.4, 0.5) is 5.82 Å². The number of likely N-dealkylation sites (N-methyl/N-ethyl adjacent to an activating group) is 1. The third-order valence-electron chi connectivity index (χ3n) is 4.56. The summed E-state index contributed by atoms with van der Waals surface area (Å²) in [6.45, 7) is 7.25. The molecule has 1 aromatic heterocycles. The smallest absolute Gasteiger partial charge is 0.147 e. The van der Waals surface area contributed by atoms with E-state index in [0.29, 0.717) is 6.04 Å². The second kappa shape index (κ2) is 4.50. The first-order chi connectivity index (χ1) is 9.10. The normalized spacial score (nSPS) is 26.5. The van der Waals surface area contributed by atoms with Crippen LogP contribution in [0, 0.1) is 31.1 Å². The predicted molar refractivity (Wildman–Crippen MR) is 75.2 cm³/mol. The molecule has 19 heavy (non-hydrogen) atoms. The van der Waals surface area contributed by atoms with Crippen LogP contribution in [-0.4, -0.2) is 42.6 Å². The number of aryl methyl sites for hydroxylation is 2. The van der Waals surface area contributed by atoms with Gasteiger partial charge in [0, 0.05) is 24.8 Å². The molecule has 2 fully saturated rings. The Bertz CT molecular complexity index is 546. The molecule has 4 nitrogen and oxygen atoms in total. The van der Waals surface area contributed by atoms with Crippen LogP contribution in [0.3, 0.4) is 0 Å². The van der Waals surface area contributed by atoms with E-state index in [1.54, 1.807) is 0 Å². The molecule has 3 heterocycles. The molecule has 0 radical (unpaired) electrons. The molecule has 0 aromatic carbocycles. The predicted octanol–water partition coefficient (Wildman–Crippen LogP) is 1.71. The van der Waals surface area contributed by atoms with Crippen LogP contribution < -0.4 is 4.90 Å². The van der Waals surface area contributed by atoms with Crippen LogP contribution in [-0.2, 0) is 0 Å². The van der Waals surface area contributed by atoms with E-state index >= 15 is 0 Å². The van der Waals surface area contributed by atoms with Crippen molar-refractivity contribution in [2.24, 2.45) is 5.92 Å². The van der Waals surface area contributed by atoms with E-state index in [1.165, 1.54) is 13.0 Å². The molecule has 0 amide bonds. The van der Waals surface area contributed by atoms with E-state index in [9.17, 15) is 5.26 Å². The average Bonchev–Trinajstić information content (AvgIpc) is 2.91. The Morgan fingerprint density at radius 3 is 2.84 bits per heavy atom. The molecule has 2 atom stereocenters. The Balaban J connectivity index is 1.94. The molecule has 1 aromatic rings. The van der Waals surface area contributed by atoms with Gasteiger partial charge in [-0.05, 0) is 51.4 Å². The molecule has 4 heteroatoms. The molecular formula is C15H20N4. The fourth-order valence-corrected chi connectivity index (χ4v) is 3.53. The zero-order valence-corrected chi connectivity index (χ0v) is 11.8. The average molecular weight is 256 g/mol. The summed E-state index contributed by atoms with van der Waals surface area (Å²) in [7, 11) is 2.20. The fourth-order valence-electron chi connectivity index (χ4n) is 3.53. The zero-order valence-electron chi connectivity index (χ0n) is 11.8. The highest BCUT2D eigenvalue weighted by molar-refractivity contribution is 5.59. The highest BCUT2D eigenvalue weighted by atomic mass is 15.3. The van der Waals surface area contributed by atoms with Gasteiger partial charge >= 0.3 is 0 Å². The minimum absolute atomic E-state index is 0.633. The molecule has 0 bridgehead atoms. The van der Waals surface area contributed by atoms with Crippen LogP contribution in [0.2, 0.25) is 0 Å². The number of rotatable bonds is 1. The number of hydrogen-bond donors (Lipinski definition) is 0. The van der Waals surface area contributed by atoms with Gasteiger partial charge in [0.15, 0.2) is 0 Å². The van der Waals surface area contributed by atoms with Crippen molar-refractivity contribution >= 4 is 5.82 Å². The third-order valence-corrected chi connectivity index (χ3v) is 4.56.